The molecule has 1 amide bonds. The van der Waals surface area contributed by atoms with Gasteiger partial charge in [-0.25, -0.2) is 14.1 Å². The van der Waals surface area contributed by atoms with Crippen LogP contribution >= 0.6 is 11.6 Å². The maximum atomic E-state index is 14.0. The van der Waals surface area contributed by atoms with Gasteiger partial charge in [-0.3, -0.25) is 9.48 Å². The monoisotopic (exact) mass is 579 g/mol. The molecule has 2 bridgehead atoms. The topological polar surface area (TPSA) is 90.5 Å². The molecule has 0 saturated carbocycles. The van der Waals surface area contributed by atoms with E-state index >= 15 is 0 Å². The lowest BCUT2D eigenvalue weighted by molar-refractivity contribution is -0.0367. The molecule has 6 rings (SSSR count). The highest BCUT2D eigenvalue weighted by Crippen LogP contribution is 2.33. The molecule has 2 aliphatic heterocycles. The molecule has 12 heteroatoms. The zero-order valence-electron chi connectivity index (χ0n) is 23.0. The number of amides is 1. The lowest BCUT2D eigenvalue weighted by atomic mass is 10.1. The molecule has 41 heavy (non-hydrogen) atoms. The smallest absolute Gasteiger partial charge is 0.274 e. The highest BCUT2D eigenvalue weighted by Gasteiger charge is 2.24. The van der Waals surface area contributed by atoms with Gasteiger partial charge in [0.05, 0.1) is 35.6 Å². The predicted octanol–water partition coefficient (Wildman–Crippen LogP) is 5.07. The third-order valence-electron chi connectivity index (χ3n) is 7.38. The highest BCUT2D eigenvalue weighted by molar-refractivity contribution is 6.31. The summed E-state index contributed by atoms with van der Waals surface area (Å²) in [5, 5.41) is 10.3. The van der Waals surface area contributed by atoms with E-state index in [9.17, 15) is 9.18 Å². The summed E-state index contributed by atoms with van der Waals surface area (Å²) in [4.78, 5) is 21.6. The van der Waals surface area contributed by atoms with Gasteiger partial charge in [-0.1, -0.05) is 11.6 Å². The number of hydrogen-bond donors (Lipinski definition) is 0. The molecule has 1 fully saturated rings. The van der Waals surface area contributed by atoms with Crippen molar-refractivity contribution in [1.29, 1.82) is 0 Å². The van der Waals surface area contributed by atoms with Crippen molar-refractivity contribution in [2.75, 3.05) is 44.9 Å². The molecular formula is C29H31ClFN7O3. The first-order valence-corrected chi connectivity index (χ1v) is 14.0. The first-order valence-electron chi connectivity index (χ1n) is 13.7. The number of carbonyl (C=O) groups excluding carboxylic acids is 1. The van der Waals surface area contributed by atoms with Crippen LogP contribution in [0.5, 0.6) is 0 Å². The van der Waals surface area contributed by atoms with E-state index in [0.717, 1.165) is 30.2 Å². The minimum Gasteiger partial charge on any atom is -0.378 e. The molecule has 10 nitrogen and oxygen atoms in total. The number of aromatic nitrogens is 5. The molecule has 2 aliphatic rings. The number of aryl methyl sites for hydroxylation is 1. The SMILES string of the molecule is CN1CCOCCN(c2ccc(F)c(Cl)c2)c2cc3c(nn(C4CCCCO4)c3cn2)/C=C/c2cn(C)nc2C1=O. The van der Waals surface area contributed by atoms with E-state index in [0.29, 0.717) is 61.4 Å². The summed E-state index contributed by atoms with van der Waals surface area (Å²) in [6.45, 7) is 2.17. The molecule has 1 saturated heterocycles. The largest absolute Gasteiger partial charge is 0.378 e. The average molecular weight is 580 g/mol. The number of pyridine rings is 1. The standard InChI is InChI=1S/C29H31ClFN7O3/c1-35-10-13-40-14-11-37(20-7-8-23(31)22(30)15-20)26-16-21-24(9-6-19-18-36(2)34-28(19)29(35)39)33-38(25(21)17-32-26)27-5-3-4-12-41-27/h6-9,15-18,27H,3-5,10-14H2,1-2H3/b9-6+. The third-order valence-corrected chi connectivity index (χ3v) is 7.67. The minimum absolute atomic E-state index is 0.0231. The number of carbonyl (C=O) groups is 1. The Bertz CT molecular complexity index is 1610. The molecule has 0 radical (unpaired) electrons. The minimum atomic E-state index is -0.492. The maximum absolute atomic E-state index is 14.0. The normalized spacial score (nSPS) is 19.6. The fourth-order valence-electron chi connectivity index (χ4n) is 5.19. The summed E-state index contributed by atoms with van der Waals surface area (Å²) in [5.41, 5.74) is 3.26. The first kappa shape index (κ1) is 27.4. The van der Waals surface area contributed by atoms with Crippen molar-refractivity contribution in [3.05, 3.63) is 64.5 Å². The second kappa shape index (κ2) is 11.6. The maximum Gasteiger partial charge on any atom is 0.274 e. The van der Waals surface area contributed by atoms with E-state index in [1.807, 2.05) is 34.0 Å². The van der Waals surface area contributed by atoms with E-state index in [4.69, 9.17) is 31.2 Å². The van der Waals surface area contributed by atoms with Gasteiger partial charge in [-0.05, 0) is 55.7 Å². The number of halogens is 2. The van der Waals surface area contributed by atoms with E-state index in [-0.39, 0.29) is 17.2 Å². The van der Waals surface area contributed by atoms with Crippen molar-refractivity contribution in [1.82, 2.24) is 29.4 Å². The van der Waals surface area contributed by atoms with Crippen LogP contribution in [0.25, 0.3) is 23.1 Å². The van der Waals surface area contributed by atoms with Crippen LogP contribution in [-0.4, -0.2) is 75.3 Å². The highest BCUT2D eigenvalue weighted by atomic mass is 35.5. The summed E-state index contributed by atoms with van der Waals surface area (Å²) >= 11 is 6.16. The Morgan fingerprint density at radius 2 is 1.90 bits per heavy atom. The van der Waals surface area contributed by atoms with Crippen molar-refractivity contribution in [3.63, 3.8) is 0 Å². The van der Waals surface area contributed by atoms with Gasteiger partial charge in [0.2, 0.25) is 0 Å². The molecule has 0 aliphatic carbocycles. The molecule has 4 aromatic rings. The van der Waals surface area contributed by atoms with Gasteiger partial charge in [0.25, 0.3) is 5.91 Å². The molecule has 0 spiro atoms. The van der Waals surface area contributed by atoms with Gasteiger partial charge < -0.3 is 19.3 Å². The zero-order valence-corrected chi connectivity index (χ0v) is 23.7. The van der Waals surface area contributed by atoms with Crippen molar-refractivity contribution in [2.24, 2.45) is 7.05 Å². The number of benzene rings is 1. The first-order chi connectivity index (χ1) is 19.9. The Morgan fingerprint density at radius 3 is 2.71 bits per heavy atom. The van der Waals surface area contributed by atoms with Crippen molar-refractivity contribution in [2.45, 2.75) is 25.5 Å². The van der Waals surface area contributed by atoms with Gasteiger partial charge in [0.1, 0.15) is 11.6 Å². The van der Waals surface area contributed by atoms with Gasteiger partial charge in [0.15, 0.2) is 11.9 Å². The third kappa shape index (κ3) is 5.57. The number of hydrogen-bond acceptors (Lipinski definition) is 7. The van der Waals surface area contributed by atoms with E-state index < -0.39 is 5.82 Å². The molecule has 214 valence electrons. The molecule has 1 unspecified atom stereocenters. The average Bonchev–Trinajstić information content (AvgIpc) is 3.54. The van der Waals surface area contributed by atoms with Crippen LogP contribution in [0.2, 0.25) is 5.02 Å². The number of fused-ring (bicyclic) bond motifs is 2. The van der Waals surface area contributed by atoms with Gasteiger partial charge in [-0.15, -0.1) is 0 Å². The lowest BCUT2D eigenvalue weighted by Crippen LogP contribution is -2.32. The lowest BCUT2D eigenvalue weighted by Gasteiger charge is -2.25. The van der Waals surface area contributed by atoms with Gasteiger partial charge >= 0.3 is 0 Å². The quantitative estimate of drug-likeness (QED) is 0.328. The Kier molecular flexibility index (Phi) is 7.74. The molecule has 0 N–H and O–H groups in total. The second-order valence-electron chi connectivity index (χ2n) is 10.2. The van der Waals surface area contributed by atoms with Gasteiger partial charge in [-0.2, -0.15) is 10.2 Å². The van der Waals surface area contributed by atoms with Crippen molar-refractivity contribution in [3.8, 4) is 0 Å². The summed E-state index contributed by atoms with van der Waals surface area (Å²) in [6.07, 6.45) is 10.1. The zero-order chi connectivity index (χ0) is 28.5. The number of ether oxygens (including phenoxy) is 2. The van der Waals surface area contributed by atoms with Crippen molar-refractivity contribution < 1.29 is 18.7 Å². The van der Waals surface area contributed by atoms with E-state index in [1.165, 1.54) is 6.07 Å². The fourth-order valence-corrected chi connectivity index (χ4v) is 5.36. The molecule has 5 heterocycles. The number of rotatable bonds is 2. The molecule has 3 aromatic heterocycles. The predicted molar refractivity (Wildman–Crippen MR) is 155 cm³/mol. The number of nitrogens with zero attached hydrogens (tertiary/aromatic N) is 7. The van der Waals surface area contributed by atoms with E-state index in [1.54, 1.807) is 42.0 Å². The molecule has 1 atom stereocenters. The molecule has 1 aromatic carbocycles. The van der Waals surface area contributed by atoms with Crippen LogP contribution < -0.4 is 4.90 Å². The Balaban J connectivity index is 1.50. The van der Waals surface area contributed by atoms with Gasteiger partial charge in [0, 0.05) is 56.6 Å². The van der Waals surface area contributed by atoms with Crippen LogP contribution in [0, 0.1) is 5.82 Å². The Morgan fingerprint density at radius 1 is 1.05 bits per heavy atom. The second-order valence-corrected chi connectivity index (χ2v) is 10.6. The summed E-state index contributed by atoms with van der Waals surface area (Å²) in [5.74, 6) is -0.0434. The summed E-state index contributed by atoms with van der Waals surface area (Å²) in [6, 6.07) is 6.56. The summed E-state index contributed by atoms with van der Waals surface area (Å²) in [7, 11) is 3.52. The number of likely N-dealkylation sites (N-methyl/N-ethyl adjacent to an activating group) is 1. The van der Waals surface area contributed by atoms with Crippen LogP contribution in [0.1, 0.15) is 47.2 Å². The number of anilines is 2. The fraction of sp³-hybridized carbons (Fsp3) is 0.379. The Labute approximate surface area is 241 Å². The van der Waals surface area contributed by atoms with Crippen LogP contribution in [0.3, 0.4) is 0 Å². The van der Waals surface area contributed by atoms with Crippen LogP contribution in [0.4, 0.5) is 15.9 Å². The Hall–Kier alpha value is -3.80. The molecular weight excluding hydrogens is 549 g/mol. The van der Waals surface area contributed by atoms with Crippen molar-refractivity contribution >= 4 is 52.1 Å². The van der Waals surface area contributed by atoms with E-state index in [2.05, 4.69) is 5.10 Å². The summed E-state index contributed by atoms with van der Waals surface area (Å²) < 4.78 is 29.5. The van der Waals surface area contributed by atoms with Crippen LogP contribution in [-0.2, 0) is 16.5 Å². The van der Waals surface area contributed by atoms with Crippen LogP contribution in [0.15, 0.2) is 36.7 Å².